The van der Waals surface area contributed by atoms with E-state index in [9.17, 15) is 28.1 Å². The van der Waals surface area contributed by atoms with Crippen molar-refractivity contribution in [3.63, 3.8) is 0 Å². The molecule has 0 aliphatic rings. The van der Waals surface area contributed by atoms with Crippen molar-refractivity contribution in [3.05, 3.63) is 87.7 Å². The number of non-ortho nitro benzene ring substituents is 1. The van der Waals surface area contributed by atoms with E-state index in [-0.39, 0.29) is 28.3 Å². The smallest absolute Gasteiger partial charge is 0.416 e. The van der Waals surface area contributed by atoms with Gasteiger partial charge < -0.3 is 4.42 Å². The molecule has 0 saturated heterocycles. The Morgan fingerprint density at radius 3 is 2.59 bits per heavy atom. The van der Waals surface area contributed by atoms with Crippen LogP contribution in [0, 0.1) is 10.1 Å². The van der Waals surface area contributed by atoms with Crippen LogP contribution in [0.4, 0.5) is 18.9 Å². The predicted molar refractivity (Wildman–Crippen MR) is 97.3 cm³/mol. The van der Waals surface area contributed by atoms with Gasteiger partial charge in [-0.05, 0) is 30.3 Å². The third-order valence-electron chi connectivity index (χ3n) is 3.78. The number of nitrogens with zero attached hydrogens (tertiary/aromatic N) is 2. The molecular weight excluding hydrogens is 391 g/mol. The summed E-state index contributed by atoms with van der Waals surface area (Å²) in [4.78, 5) is 22.1. The van der Waals surface area contributed by atoms with Crippen molar-refractivity contribution in [2.75, 3.05) is 0 Å². The van der Waals surface area contributed by atoms with Gasteiger partial charge in [-0.2, -0.15) is 18.3 Å². The fraction of sp³-hybridized carbons (Fsp3) is 0.0526. The first-order valence-corrected chi connectivity index (χ1v) is 8.09. The van der Waals surface area contributed by atoms with Gasteiger partial charge >= 0.3 is 6.18 Å². The summed E-state index contributed by atoms with van der Waals surface area (Å²) in [5, 5.41) is 14.4. The molecule has 0 radical (unpaired) electrons. The van der Waals surface area contributed by atoms with Crippen LogP contribution in [0.15, 0.2) is 70.2 Å². The minimum atomic E-state index is -4.47. The summed E-state index contributed by atoms with van der Waals surface area (Å²) in [7, 11) is 0. The van der Waals surface area contributed by atoms with Gasteiger partial charge in [0.25, 0.3) is 11.6 Å². The van der Waals surface area contributed by atoms with Crippen LogP contribution in [-0.4, -0.2) is 17.0 Å². The Morgan fingerprint density at radius 1 is 1.10 bits per heavy atom. The van der Waals surface area contributed by atoms with Crippen LogP contribution in [0.2, 0.25) is 0 Å². The van der Waals surface area contributed by atoms with Gasteiger partial charge in [0.05, 0.1) is 16.7 Å². The molecule has 0 atom stereocenters. The number of benzene rings is 2. The molecule has 3 rings (SSSR count). The fourth-order valence-electron chi connectivity index (χ4n) is 2.41. The lowest BCUT2D eigenvalue weighted by Gasteiger charge is -2.07. The third-order valence-corrected chi connectivity index (χ3v) is 3.78. The van der Waals surface area contributed by atoms with Crippen molar-refractivity contribution in [2.45, 2.75) is 6.18 Å². The highest BCUT2D eigenvalue weighted by Gasteiger charge is 2.30. The number of carbonyl (C=O) groups is 1. The van der Waals surface area contributed by atoms with Gasteiger partial charge in [0, 0.05) is 23.3 Å². The zero-order chi connectivity index (χ0) is 21.0. The number of nitro groups is 1. The number of halogens is 3. The van der Waals surface area contributed by atoms with Crippen molar-refractivity contribution >= 4 is 17.8 Å². The number of hydrogen-bond donors (Lipinski definition) is 1. The molecule has 29 heavy (non-hydrogen) atoms. The topological polar surface area (TPSA) is 97.7 Å². The highest BCUT2D eigenvalue weighted by atomic mass is 19.4. The number of hydrogen-bond acceptors (Lipinski definition) is 5. The van der Waals surface area contributed by atoms with Gasteiger partial charge in [-0.3, -0.25) is 14.9 Å². The summed E-state index contributed by atoms with van der Waals surface area (Å²) >= 11 is 0. The largest absolute Gasteiger partial charge is 0.455 e. The van der Waals surface area contributed by atoms with E-state index in [2.05, 4.69) is 10.5 Å². The quantitative estimate of drug-likeness (QED) is 0.381. The molecule has 0 unspecified atom stereocenters. The Morgan fingerprint density at radius 2 is 1.86 bits per heavy atom. The SMILES string of the molecule is O=C(N/N=C/c1ccc(-c2cccc(C(F)(F)F)c2)o1)c1cccc([N+](=O)[O-])c1. The summed E-state index contributed by atoms with van der Waals surface area (Å²) < 4.78 is 43.9. The third kappa shape index (κ3) is 4.86. The lowest BCUT2D eigenvalue weighted by atomic mass is 10.1. The van der Waals surface area contributed by atoms with E-state index in [4.69, 9.17) is 4.42 Å². The lowest BCUT2D eigenvalue weighted by Crippen LogP contribution is -2.17. The Hall–Kier alpha value is -3.95. The van der Waals surface area contributed by atoms with E-state index in [1.54, 1.807) is 0 Å². The molecule has 1 N–H and O–H groups in total. The number of furan rings is 1. The first-order valence-electron chi connectivity index (χ1n) is 8.09. The molecule has 0 saturated carbocycles. The molecule has 2 aromatic carbocycles. The van der Waals surface area contributed by atoms with Crippen molar-refractivity contribution in [2.24, 2.45) is 5.10 Å². The number of amides is 1. The maximum absolute atomic E-state index is 12.8. The highest BCUT2D eigenvalue weighted by Crippen LogP contribution is 2.32. The molecule has 3 aromatic rings. The minimum Gasteiger partial charge on any atom is -0.455 e. The second-order valence-corrected chi connectivity index (χ2v) is 5.79. The molecular formula is C19H12F3N3O4. The molecule has 0 aliphatic carbocycles. The van der Waals surface area contributed by atoms with Crippen LogP contribution in [0.1, 0.15) is 21.7 Å². The van der Waals surface area contributed by atoms with Gasteiger partial charge in [0.1, 0.15) is 11.5 Å². The summed E-state index contributed by atoms with van der Waals surface area (Å²) in [6.45, 7) is 0. The number of alkyl halides is 3. The van der Waals surface area contributed by atoms with Gasteiger partial charge in [0.2, 0.25) is 0 Å². The first kappa shape index (κ1) is 19.8. The molecule has 7 nitrogen and oxygen atoms in total. The Bertz CT molecular complexity index is 1090. The minimum absolute atomic E-state index is 0.0421. The monoisotopic (exact) mass is 403 g/mol. The van der Waals surface area contributed by atoms with Gasteiger partial charge in [0.15, 0.2) is 0 Å². The van der Waals surface area contributed by atoms with E-state index >= 15 is 0 Å². The number of nitro benzene ring substituents is 1. The van der Waals surface area contributed by atoms with E-state index in [1.807, 2.05) is 0 Å². The van der Waals surface area contributed by atoms with E-state index in [0.29, 0.717) is 0 Å². The molecule has 1 heterocycles. The summed E-state index contributed by atoms with van der Waals surface area (Å²) in [6, 6.07) is 12.7. The molecule has 1 amide bonds. The molecule has 0 fully saturated rings. The maximum Gasteiger partial charge on any atom is 0.416 e. The van der Waals surface area contributed by atoms with Crippen LogP contribution >= 0.6 is 0 Å². The van der Waals surface area contributed by atoms with E-state index in [0.717, 1.165) is 24.4 Å². The second kappa shape index (κ2) is 7.97. The number of nitrogens with one attached hydrogen (secondary N) is 1. The average Bonchev–Trinajstić information content (AvgIpc) is 3.16. The zero-order valence-electron chi connectivity index (χ0n) is 14.5. The Balaban J connectivity index is 1.69. The van der Waals surface area contributed by atoms with Crippen LogP contribution in [0.25, 0.3) is 11.3 Å². The predicted octanol–water partition coefficient (Wildman–Crippen LogP) is 4.64. The second-order valence-electron chi connectivity index (χ2n) is 5.79. The van der Waals surface area contributed by atoms with Crippen molar-refractivity contribution < 1.29 is 27.3 Å². The van der Waals surface area contributed by atoms with Gasteiger partial charge in [-0.25, -0.2) is 5.43 Å². The van der Waals surface area contributed by atoms with Crippen LogP contribution in [0.3, 0.4) is 0 Å². The zero-order valence-corrected chi connectivity index (χ0v) is 14.5. The van der Waals surface area contributed by atoms with Crippen LogP contribution < -0.4 is 5.43 Å². The molecule has 0 spiro atoms. The summed E-state index contributed by atoms with van der Waals surface area (Å²) in [5.41, 5.74) is 1.43. The number of rotatable bonds is 5. The van der Waals surface area contributed by atoms with Crippen LogP contribution in [-0.2, 0) is 6.18 Å². The summed E-state index contributed by atoms with van der Waals surface area (Å²) in [6.07, 6.45) is -3.31. The van der Waals surface area contributed by atoms with Crippen LogP contribution in [0.5, 0.6) is 0 Å². The average molecular weight is 403 g/mol. The lowest BCUT2D eigenvalue weighted by molar-refractivity contribution is -0.384. The normalized spacial score (nSPS) is 11.6. The van der Waals surface area contributed by atoms with Gasteiger partial charge in [-0.15, -0.1) is 0 Å². The maximum atomic E-state index is 12.8. The van der Waals surface area contributed by atoms with Crippen molar-refractivity contribution in [3.8, 4) is 11.3 Å². The fourth-order valence-corrected chi connectivity index (χ4v) is 2.41. The molecule has 10 heteroatoms. The first-order chi connectivity index (χ1) is 13.7. The Labute approximate surface area is 161 Å². The van der Waals surface area contributed by atoms with E-state index < -0.39 is 22.6 Å². The summed E-state index contributed by atoms with van der Waals surface area (Å²) in [5.74, 6) is -0.283. The number of hydrazone groups is 1. The highest BCUT2D eigenvalue weighted by molar-refractivity contribution is 5.95. The van der Waals surface area contributed by atoms with E-state index in [1.165, 1.54) is 42.5 Å². The van der Waals surface area contributed by atoms with Crippen molar-refractivity contribution in [1.82, 2.24) is 5.43 Å². The van der Waals surface area contributed by atoms with Crippen molar-refractivity contribution in [1.29, 1.82) is 0 Å². The standard InChI is InChI=1S/C19H12F3N3O4/c20-19(21,22)14-5-1-3-12(9-14)17-8-7-16(29-17)11-23-24-18(26)13-4-2-6-15(10-13)25(27)28/h1-11H,(H,24,26)/b23-11+. The molecule has 0 aliphatic heterocycles. The molecule has 148 valence electrons. The molecule has 1 aromatic heterocycles. The number of carbonyl (C=O) groups excluding carboxylic acids is 1. The Kier molecular flexibility index (Phi) is 5.44. The van der Waals surface area contributed by atoms with Gasteiger partial charge in [-0.1, -0.05) is 18.2 Å². The molecule has 0 bridgehead atoms.